The van der Waals surface area contributed by atoms with E-state index >= 15 is 0 Å². The van der Waals surface area contributed by atoms with Crippen molar-refractivity contribution in [1.29, 1.82) is 0 Å². The monoisotopic (exact) mass is 1710 g/mol. The predicted octanol–water partition coefficient (Wildman–Crippen LogP) is 18.2. The highest BCUT2D eigenvalue weighted by molar-refractivity contribution is 7.10. The average molecular weight is 1720 g/mol. The van der Waals surface area contributed by atoms with Gasteiger partial charge in [0, 0.05) is 114 Å². The minimum Gasteiger partial charge on any atom is -0.457 e. The van der Waals surface area contributed by atoms with E-state index in [0.29, 0.717) is 89.1 Å². The number of anilines is 3. The van der Waals surface area contributed by atoms with E-state index in [4.69, 9.17) is 49.0 Å². The Kier molecular flexibility index (Phi) is 33.5. The zero-order chi connectivity index (χ0) is 80.2. The van der Waals surface area contributed by atoms with Gasteiger partial charge < -0.3 is 44.4 Å². The van der Waals surface area contributed by atoms with Crippen LogP contribution >= 0.6 is 93.6 Å². The summed E-state index contributed by atoms with van der Waals surface area (Å²) in [6.45, 7) is 18.0. The maximum absolute atomic E-state index is 14.3. The third kappa shape index (κ3) is 23.1. The molecule has 0 aliphatic carbocycles. The van der Waals surface area contributed by atoms with Gasteiger partial charge in [-0.15, -0.1) is 93.6 Å². The molecular weight excluding hydrogens is 1620 g/mol. The van der Waals surface area contributed by atoms with E-state index in [1.165, 1.54) is 68.1 Å². The highest BCUT2D eigenvalue weighted by atomic mass is 35.5. The van der Waals surface area contributed by atoms with Crippen LogP contribution in [0.2, 0.25) is 0 Å². The highest BCUT2D eigenvalue weighted by Crippen LogP contribution is 2.41. The van der Waals surface area contributed by atoms with Crippen LogP contribution in [0.15, 0.2) is 228 Å². The standard InChI is InChI=1S/C33H31ClFN3O4S.2C27H30ClN3O3S.2ClH/c1-22-19-27(42-26-7-4-3-5-8-26)14-15-28(22)38(30(39)20-34)31(29-9-6-18-43-29)33(41)36-16-17-37(23(2)21-36)32(40)24-10-12-25(35)13-11-24;1-18-14-22(34-21-8-5-4-6-9-21)11-12-23(18)31(25(32)15-28)26(24-10-7-13-35-24)27(33)30-16-19(2)29-20(3)17-30;1-19(2)23-18-30(15-14-29-23)27(33)26(24-9-6-16-35-24)31(25(32)17-28)20-10-12-22(13-11-20)34-21-7-4-3-5-8-21;;/h3-15,18-19,23,31H,16-17,20-21H2,1-2H3;4-14,19-20,26,29H,15-17H2,1-3H3;3-13,16,19,23,26,29H,14-15,17-18H2,1-2H3;2*1H/t;;23-,26?;;/m..1../s1. The fourth-order valence-electron chi connectivity index (χ4n) is 14.0. The first-order valence-electron chi connectivity index (χ1n) is 37.3. The molecule has 3 fully saturated rings. The molecule has 7 atom stereocenters. The number of para-hydroxylation sites is 3. The molecule has 7 aromatic carbocycles. The quantitative estimate of drug-likeness (QED) is 0.0576. The fraction of sp³-hybridized carbons (Fsp3) is 0.299. The summed E-state index contributed by atoms with van der Waals surface area (Å²) in [5.74, 6) is 1.48. The van der Waals surface area contributed by atoms with Crippen molar-refractivity contribution in [3.8, 4) is 34.5 Å². The highest BCUT2D eigenvalue weighted by Gasteiger charge is 2.43. The van der Waals surface area contributed by atoms with E-state index in [0.717, 1.165) is 38.9 Å². The summed E-state index contributed by atoms with van der Waals surface area (Å²) in [7, 11) is 0. The first-order chi connectivity index (χ1) is 54.6. The molecular formula is C87H93Cl5FN9O10S3. The van der Waals surface area contributed by atoms with Crippen molar-refractivity contribution in [2.75, 3.05) is 84.7 Å². The van der Waals surface area contributed by atoms with Crippen molar-refractivity contribution >= 4 is 152 Å². The Morgan fingerprint density at radius 2 is 0.852 bits per heavy atom. The maximum atomic E-state index is 14.3. The lowest BCUT2D eigenvalue weighted by Gasteiger charge is -2.42. The summed E-state index contributed by atoms with van der Waals surface area (Å²) >= 11 is 22.6. The minimum absolute atomic E-state index is 0. The molecule has 0 saturated carbocycles. The fourth-order valence-corrected chi connectivity index (χ4v) is 16.8. The summed E-state index contributed by atoms with van der Waals surface area (Å²) in [6, 6.07) is 60.9. The largest absolute Gasteiger partial charge is 0.457 e. The molecule has 3 aliphatic rings. The summed E-state index contributed by atoms with van der Waals surface area (Å²) in [5, 5.41) is 12.7. The lowest BCUT2D eigenvalue weighted by Crippen LogP contribution is -2.58. The molecule has 6 unspecified atom stereocenters. The molecule has 115 heavy (non-hydrogen) atoms. The number of nitrogens with one attached hydrogen (secondary N) is 2. The van der Waals surface area contributed by atoms with Crippen LogP contribution in [0.1, 0.15) is 88.9 Å². The van der Waals surface area contributed by atoms with Gasteiger partial charge in [-0.3, -0.25) is 48.3 Å². The first-order valence-corrected chi connectivity index (χ1v) is 41.5. The second-order valence-electron chi connectivity index (χ2n) is 28.0. The second kappa shape index (κ2) is 43.0. The van der Waals surface area contributed by atoms with Gasteiger partial charge in [-0.25, -0.2) is 4.39 Å². The van der Waals surface area contributed by atoms with Crippen LogP contribution in [-0.4, -0.2) is 155 Å². The van der Waals surface area contributed by atoms with E-state index in [-0.39, 0.29) is 115 Å². The van der Waals surface area contributed by atoms with Crippen molar-refractivity contribution in [2.45, 2.75) is 90.8 Å². The molecule has 10 aromatic rings. The van der Waals surface area contributed by atoms with Crippen molar-refractivity contribution in [2.24, 2.45) is 5.92 Å². The second-order valence-corrected chi connectivity index (χ2v) is 31.8. The first kappa shape index (κ1) is 89.6. The number of carbonyl (C=O) groups is 7. The number of ether oxygens (including phenoxy) is 3. The molecule has 13 rings (SSSR count). The van der Waals surface area contributed by atoms with Gasteiger partial charge in [0.25, 0.3) is 23.6 Å². The number of aryl methyl sites for hydroxylation is 2. The lowest BCUT2D eigenvalue weighted by molar-refractivity contribution is -0.136. The number of amides is 7. The van der Waals surface area contributed by atoms with Gasteiger partial charge in [0.1, 0.15) is 76.1 Å². The topological polar surface area (TPSA) is 194 Å². The van der Waals surface area contributed by atoms with Crippen LogP contribution in [-0.2, 0) is 28.8 Å². The maximum Gasteiger partial charge on any atom is 0.254 e. The molecule has 0 radical (unpaired) electrons. The normalized spacial score (nSPS) is 16.6. The molecule has 606 valence electrons. The SMILES string of the molecule is CC(C)[C@H]1CN(C(=O)C(c2cccs2)N(C(=O)CCl)c2ccc(Oc3ccccc3)cc2)CCN1.Cc1cc(Oc2ccccc2)ccc1N(C(=O)CCl)C(C(=O)N1CC(C)NC(C)C1)c1cccs1.Cc1cc(Oc2ccccc2)ccc1N(C(=O)CCl)C(C(=O)N1CCN(C(=O)c2ccc(F)cc2)C(C)C1)c1cccs1.Cl.Cl. The molecule has 3 aromatic heterocycles. The number of benzene rings is 7. The smallest absolute Gasteiger partial charge is 0.254 e. The van der Waals surface area contributed by atoms with Crippen molar-refractivity contribution in [3.63, 3.8) is 0 Å². The molecule has 19 nitrogen and oxygen atoms in total. The molecule has 6 heterocycles. The number of halogens is 6. The Morgan fingerprint density at radius 1 is 0.461 bits per heavy atom. The zero-order valence-electron chi connectivity index (χ0n) is 64.6. The summed E-state index contributed by atoms with van der Waals surface area (Å²) in [4.78, 5) is 109. The van der Waals surface area contributed by atoms with Crippen LogP contribution in [0.5, 0.6) is 34.5 Å². The number of hydrogen-bond acceptors (Lipinski definition) is 15. The Hall–Kier alpha value is -9.37. The minimum atomic E-state index is -0.947. The van der Waals surface area contributed by atoms with Gasteiger partial charge in [-0.05, 0) is 207 Å². The van der Waals surface area contributed by atoms with Crippen LogP contribution in [0.3, 0.4) is 0 Å². The predicted molar refractivity (Wildman–Crippen MR) is 464 cm³/mol. The van der Waals surface area contributed by atoms with E-state index in [1.54, 1.807) is 51.1 Å². The number of alkyl halides is 3. The van der Waals surface area contributed by atoms with Gasteiger partial charge in [0.05, 0.1) is 0 Å². The van der Waals surface area contributed by atoms with Crippen LogP contribution in [0.4, 0.5) is 21.5 Å². The molecule has 7 amide bonds. The summed E-state index contributed by atoms with van der Waals surface area (Å²) in [5.41, 5.74) is 3.73. The molecule has 28 heteroatoms. The van der Waals surface area contributed by atoms with Gasteiger partial charge in [0.15, 0.2) is 0 Å². The van der Waals surface area contributed by atoms with Gasteiger partial charge in [-0.1, -0.05) is 86.6 Å². The number of carbonyl (C=O) groups excluding carboxylic acids is 7. The third-order valence-corrected chi connectivity index (χ3v) is 22.9. The van der Waals surface area contributed by atoms with E-state index in [9.17, 15) is 38.0 Å². The van der Waals surface area contributed by atoms with Gasteiger partial charge in [0.2, 0.25) is 17.7 Å². The number of hydrogen-bond donors (Lipinski definition) is 2. The van der Waals surface area contributed by atoms with Crippen molar-refractivity contribution in [1.82, 2.24) is 30.2 Å². The Bertz CT molecular complexity index is 4790. The van der Waals surface area contributed by atoms with Gasteiger partial charge >= 0.3 is 0 Å². The molecule has 0 spiro atoms. The van der Waals surface area contributed by atoms with Crippen molar-refractivity contribution in [3.05, 3.63) is 266 Å². The van der Waals surface area contributed by atoms with E-state index in [1.807, 2.05) is 198 Å². The van der Waals surface area contributed by atoms with Crippen LogP contribution in [0.25, 0.3) is 0 Å². The number of nitrogens with zero attached hydrogens (tertiary/aromatic N) is 7. The zero-order valence-corrected chi connectivity index (χ0v) is 71.0. The molecule has 0 bridgehead atoms. The lowest BCUT2D eigenvalue weighted by atomic mass is 10.0. The van der Waals surface area contributed by atoms with Crippen molar-refractivity contribution < 1.29 is 52.2 Å². The Balaban J connectivity index is 0.000000197. The van der Waals surface area contributed by atoms with E-state index in [2.05, 4.69) is 38.3 Å². The Labute approximate surface area is 710 Å². The molecule has 3 aliphatic heterocycles. The summed E-state index contributed by atoms with van der Waals surface area (Å²) in [6.07, 6.45) is 0. The van der Waals surface area contributed by atoms with Crippen LogP contribution in [0, 0.1) is 25.6 Å². The number of piperazine rings is 3. The molecule has 3 saturated heterocycles. The average Bonchev–Trinajstić information content (AvgIpc) is 1.75. The molecule has 2 N–H and O–H groups in total. The summed E-state index contributed by atoms with van der Waals surface area (Å²) < 4.78 is 31.2. The Morgan fingerprint density at radius 3 is 1.25 bits per heavy atom. The van der Waals surface area contributed by atoms with Crippen LogP contribution < -0.4 is 39.5 Å². The number of rotatable bonds is 23. The number of thiophene rings is 3. The third-order valence-electron chi connectivity index (χ3n) is 19.5. The van der Waals surface area contributed by atoms with Gasteiger partial charge in [-0.2, -0.15) is 0 Å². The van der Waals surface area contributed by atoms with E-state index < -0.39 is 29.8 Å².